The molecule has 0 spiro atoms. The van der Waals surface area contributed by atoms with Crippen LogP contribution in [-0.2, 0) is 13.0 Å². The van der Waals surface area contributed by atoms with Crippen molar-refractivity contribution in [2.24, 2.45) is 5.92 Å². The maximum Gasteiger partial charge on any atom is 0.272 e. The molecule has 1 amide bonds. The number of hydrogen-bond acceptors (Lipinski definition) is 3. The number of carbonyl (C=O) groups is 1. The molecule has 1 aliphatic carbocycles. The molecule has 1 unspecified atom stereocenters. The topological polar surface area (TPSA) is 69.8 Å². The molecule has 2 aliphatic rings. The molecule has 0 radical (unpaired) electrons. The number of aromatic nitrogens is 2. The summed E-state index contributed by atoms with van der Waals surface area (Å²) in [5.74, 6) is 0.609. The van der Waals surface area contributed by atoms with Crippen molar-refractivity contribution in [3.8, 4) is 0 Å². The van der Waals surface area contributed by atoms with E-state index >= 15 is 0 Å². The highest BCUT2D eigenvalue weighted by Gasteiger charge is 2.26. The zero-order valence-corrected chi connectivity index (χ0v) is 11.5. The first-order valence-corrected chi connectivity index (χ1v) is 7.33. The predicted molar refractivity (Wildman–Crippen MR) is 72.9 cm³/mol. The number of nitrogens with one attached hydrogen (secondary N) is 3. The molecule has 3 N–H and O–H groups in total. The smallest absolute Gasteiger partial charge is 0.272 e. The number of rotatable bonds is 3. The summed E-state index contributed by atoms with van der Waals surface area (Å²) in [6, 6.07) is 0.249. The van der Waals surface area contributed by atoms with Crippen molar-refractivity contribution in [1.29, 1.82) is 0 Å². The molecule has 3 rings (SSSR count). The van der Waals surface area contributed by atoms with Gasteiger partial charge >= 0.3 is 0 Å². The van der Waals surface area contributed by atoms with Crippen LogP contribution < -0.4 is 10.6 Å². The Hall–Kier alpha value is -1.36. The lowest BCUT2D eigenvalue weighted by molar-refractivity contribution is 0.0921. The molecule has 1 aromatic rings. The summed E-state index contributed by atoms with van der Waals surface area (Å²) in [5, 5.41) is 13.6. The lowest BCUT2D eigenvalue weighted by Gasteiger charge is -2.20. The molecule has 19 heavy (non-hydrogen) atoms. The van der Waals surface area contributed by atoms with Crippen LogP contribution in [0.25, 0.3) is 0 Å². The standard InChI is InChI=1S/C14H22N4O/c1-9(10-4-2-3-5-10)16-14(19)13-11-8-15-7-6-12(11)17-18-13/h9-10,15H,2-8H2,1H3,(H,16,19)(H,17,18). The van der Waals surface area contributed by atoms with Crippen LogP contribution in [0.15, 0.2) is 0 Å². The maximum atomic E-state index is 12.3. The first-order valence-electron chi connectivity index (χ1n) is 7.33. The van der Waals surface area contributed by atoms with E-state index in [4.69, 9.17) is 0 Å². The number of fused-ring (bicyclic) bond motifs is 1. The van der Waals surface area contributed by atoms with Crippen molar-refractivity contribution in [3.05, 3.63) is 17.0 Å². The van der Waals surface area contributed by atoms with E-state index in [-0.39, 0.29) is 11.9 Å². The summed E-state index contributed by atoms with van der Waals surface area (Å²) >= 11 is 0. The van der Waals surface area contributed by atoms with E-state index in [9.17, 15) is 4.79 Å². The number of amides is 1. The van der Waals surface area contributed by atoms with Crippen LogP contribution in [0.1, 0.15) is 54.4 Å². The molecule has 1 atom stereocenters. The number of H-pyrrole nitrogens is 1. The van der Waals surface area contributed by atoms with E-state index in [1.54, 1.807) is 0 Å². The fourth-order valence-corrected chi connectivity index (χ4v) is 3.26. The van der Waals surface area contributed by atoms with E-state index in [1.165, 1.54) is 25.7 Å². The van der Waals surface area contributed by atoms with Crippen LogP contribution in [0.4, 0.5) is 0 Å². The zero-order valence-electron chi connectivity index (χ0n) is 11.5. The Balaban J connectivity index is 1.68. The monoisotopic (exact) mass is 262 g/mol. The van der Waals surface area contributed by atoms with E-state index in [0.717, 1.165) is 30.8 Å². The molecule has 1 aliphatic heterocycles. The summed E-state index contributed by atoms with van der Waals surface area (Å²) in [6.45, 7) is 3.81. The minimum Gasteiger partial charge on any atom is -0.348 e. The Labute approximate surface area is 113 Å². The van der Waals surface area contributed by atoms with Crippen LogP contribution >= 0.6 is 0 Å². The second-order valence-corrected chi connectivity index (χ2v) is 5.76. The molecule has 5 nitrogen and oxygen atoms in total. The first kappa shape index (κ1) is 12.7. The summed E-state index contributed by atoms with van der Waals surface area (Å²) in [7, 11) is 0. The van der Waals surface area contributed by atoms with Crippen molar-refractivity contribution in [2.75, 3.05) is 6.54 Å². The number of nitrogens with zero attached hydrogens (tertiary/aromatic N) is 1. The Bertz CT molecular complexity index is 462. The lowest BCUT2D eigenvalue weighted by atomic mass is 9.99. The number of aromatic amines is 1. The summed E-state index contributed by atoms with van der Waals surface area (Å²) in [4.78, 5) is 12.3. The number of hydrogen-bond donors (Lipinski definition) is 3. The lowest BCUT2D eigenvalue weighted by Crippen LogP contribution is -2.38. The Kier molecular flexibility index (Phi) is 3.55. The number of carbonyl (C=O) groups excluding carboxylic acids is 1. The van der Waals surface area contributed by atoms with Crippen molar-refractivity contribution in [1.82, 2.24) is 20.8 Å². The molecule has 2 heterocycles. The van der Waals surface area contributed by atoms with Crippen molar-refractivity contribution in [3.63, 3.8) is 0 Å². The third kappa shape index (κ3) is 2.52. The van der Waals surface area contributed by atoms with Crippen molar-refractivity contribution < 1.29 is 4.79 Å². The highest BCUT2D eigenvalue weighted by molar-refractivity contribution is 5.94. The van der Waals surface area contributed by atoms with Crippen LogP contribution in [0.3, 0.4) is 0 Å². The van der Waals surface area contributed by atoms with E-state index in [2.05, 4.69) is 27.8 Å². The quantitative estimate of drug-likeness (QED) is 0.770. The SMILES string of the molecule is CC(NC(=O)c1n[nH]c2c1CNCC2)C1CCCC1. The fraction of sp³-hybridized carbons (Fsp3) is 0.714. The van der Waals surface area contributed by atoms with Gasteiger partial charge in [-0.3, -0.25) is 9.89 Å². The second kappa shape index (κ2) is 5.33. The van der Waals surface area contributed by atoms with Crippen LogP contribution in [0, 0.1) is 5.92 Å². The summed E-state index contributed by atoms with van der Waals surface area (Å²) in [5.41, 5.74) is 2.73. The molecule has 5 heteroatoms. The highest BCUT2D eigenvalue weighted by Crippen LogP contribution is 2.27. The molecule has 1 saturated carbocycles. The van der Waals surface area contributed by atoms with Gasteiger partial charge in [-0.25, -0.2) is 0 Å². The van der Waals surface area contributed by atoms with Gasteiger partial charge in [0.05, 0.1) is 0 Å². The molecule has 1 fully saturated rings. The minimum atomic E-state index is -0.0272. The Morgan fingerprint density at radius 1 is 1.42 bits per heavy atom. The van der Waals surface area contributed by atoms with Gasteiger partial charge in [-0.2, -0.15) is 5.10 Å². The zero-order chi connectivity index (χ0) is 13.2. The molecule has 0 saturated heterocycles. The van der Waals surface area contributed by atoms with Crippen molar-refractivity contribution in [2.45, 2.75) is 51.6 Å². The third-order valence-electron chi connectivity index (χ3n) is 4.49. The molecule has 0 aromatic carbocycles. The maximum absolute atomic E-state index is 12.3. The van der Waals surface area contributed by atoms with Gasteiger partial charge in [-0.05, 0) is 25.7 Å². The van der Waals surface area contributed by atoms with E-state index in [0.29, 0.717) is 11.6 Å². The highest BCUT2D eigenvalue weighted by atomic mass is 16.2. The molecule has 1 aromatic heterocycles. The summed E-state index contributed by atoms with van der Waals surface area (Å²) < 4.78 is 0. The van der Waals surface area contributed by atoms with Gasteiger partial charge in [-0.1, -0.05) is 12.8 Å². The van der Waals surface area contributed by atoms with Gasteiger partial charge in [0.25, 0.3) is 5.91 Å². The van der Waals surface area contributed by atoms with Gasteiger partial charge in [-0.15, -0.1) is 0 Å². The fourth-order valence-electron chi connectivity index (χ4n) is 3.26. The average molecular weight is 262 g/mol. The average Bonchev–Trinajstić information content (AvgIpc) is 3.08. The minimum absolute atomic E-state index is 0.0272. The molecule has 0 bridgehead atoms. The van der Waals surface area contributed by atoms with Gasteiger partial charge < -0.3 is 10.6 Å². The van der Waals surface area contributed by atoms with Gasteiger partial charge in [0.15, 0.2) is 5.69 Å². The summed E-state index contributed by atoms with van der Waals surface area (Å²) in [6.07, 6.45) is 6.00. The first-order chi connectivity index (χ1) is 9.25. The van der Waals surface area contributed by atoms with Gasteiger partial charge in [0.1, 0.15) is 0 Å². The van der Waals surface area contributed by atoms with E-state index < -0.39 is 0 Å². The largest absolute Gasteiger partial charge is 0.348 e. The van der Waals surface area contributed by atoms with Crippen LogP contribution in [0.5, 0.6) is 0 Å². The van der Waals surface area contributed by atoms with Gasteiger partial charge in [0.2, 0.25) is 0 Å². The van der Waals surface area contributed by atoms with E-state index in [1.807, 2.05) is 0 Å². The van der Waals surface area contributed by atoms with Crippen LogP contribution in [-0.4, -0.2) is 28.7 Å². The van der Waals surface area contributed by atoms with Crippen LogP contribution in [0.2, 0.25) is 0 Å². The van der Waals surface area contributed by atoms with Gasteiger partial charge in [0, 0.05) is 36.8 Å². The molecular formula is C14H22N4O. The second-order valence-electron chi connectivity index (χ2n) is 5.76. The van der Waals surface area contributed by atoms with Crippen molar-refractivity contribution >= 4 is 5.91 Å². The third-order valence-corrected chi connectivity index (χ3v) is 4.49. The predicted octanol–water partition coefficient (Wildman–Crippen LogP) is 1.36. The Morgan fingerprint density at radius 3 is 3.00 bits per heavy atom. The Morgan fingerprint density at radius 2 is 2.21 bits per heavy atom. The normalized spacial score (nSPS) is 21.1. The molecule has 104 valence electrons. The molecular weight excluding hydrogens is 240 g/mol.